The molecule has 0 amide bonds. The fourth-order valence-corrected chi connectivity index (χ4v) is 3.01. The van der Waals surface area contributed by atoms with E-state index < -0.39 is 5.97 Å². The Kier molecular flexibility index (Phi) is 4.80. The maximum absolute atomic E-state index is 10.5. The quantitative estimate of drug-likeness (QED) is 0.794. The SMILES string of the molecule is CN(C)c1ccccc1Nc1nnc(SCC(=O)O)s1. The van der Waals surface area contributed by atoms with Crippen molar-refractivity contribution in [3.8, 4) is 0 Å². The minimum Gasteiger partial charge on any atom is -0.481 e. The number of thioether (sulfide) groups is 1. The number of carbonyl (C=O) groups is 1. The number of anilines is 3. The van der Waals surface area contributed by atoms with Gasteiger partial charge in [0.15, 0.2) is 4.34 Å². The minimum atomic E-state index is -0.863. The van der Waals surface area contributed by atoms with Crippen LogP contribution in [0.2, 0.25) is 0 Å². The second-order valence-corrected chi connectivity index (χ2v) is 6.29. The Bertz CT molecular complexity index is 601. The summed E-state index contributed by atoms with van der Waals surface area (Å²) in [4.78, 5) is 12.5. The summed E-state index contributed by atoms with van der Waals surface area (Å²) < 4.78 is 0.636. The molecule has 0 saturated heterocycles. The van der Waals surface area contributed by atoms with Crippen molar-refractivity contribution in [2.24, 2.45) is 0 Å². The fraction of sp³-hybridized carbons (Fsp3) is 0.250. The molecule has 0 radical (unpaired) electrons. The average molecular weight is 310 g/mol. The molecule has 20 heavy (non-hydrogen) atoms. The van der Waals surface area contributed by atoms with Crippen LogP contribution in [0.3, 0.4) is 0 Å². The fourth-order valence-electron chi connectivity index (χ4n) is 1.53. The van der Waals surface area contributed by atoms with E-state index in [4.69, 9.17) is 5.11 Å². The molecule has 0 aliphatic heterocycles. The van der Waals surface area contributed by atoms with E-state index in [1.807, 2.05) is 43.3 Å². The average Bonchev–Trinajstić information content (AvgIpc) is 2.84. The number of carboxylic acids is 1. The zero-order valence-electron chi connectivity index (χ0n) is 11.0. The highest BCUT2D eigenvalue weighted by atomic mass is 32.2. The number of nitrogens with one attached hydrogen (secondary N) is 1. The molecule has 0 unspecified atom stereocenters. The van der Waals surface area contributed by atoms with Crippen LogP contribution in [-0.4, -0.2) is 41.1 Å². The van der Waals surface area contributed by atoms with Gasteiger partial charge >= 0.3 is 5.97 Å². The van der Waals surface area contributed by atoms with Crippen LogP contribution in [0, 0.1) is 0 Å². The summed E-state index contributed by atoms with van der Waals surface area (Å²) in [5, 5.41) is 20.4. The largest absolute Gasteiger partial charge is 0.481 e. The van der Waals surface area contributed by atoms with Gasteiger partial charge in [-0.3, -0.25) is 4.79 Å². The van der Waals surface area contributed by atoms with Gasteiger partial charge in [-0.15, -0.1) is 10.2 Å². The van der Waals surface area contributed by atoms with Crippen molar-refractivity contribution in [1.29, 1.82) is 0 Å². The van der Waals surface area contributed by atoms with E-state index in [0.717, 1.165) is 11.4 Å². The van der Waals surface area contributed by atoms with Gasteiger partial charge < -0.3 is 15.3 Å². The monoisotopic (exact) mass is 310 g/mol. The van der Waals surface area contributed by atoms with Gasteiger partial charge in [0.25, 0.3) is 0 Å². The van der Waals surface area contributed by atoms with Crippen LogP contribution in [0.1, 0.15) is 0 Å². The Balaban J connectivity index is 2.09. The number of aromatic nitrogens is 2. The third-order valence-electron chi connectivity index (χ3n) is 2.35. The van der Waals surface area contributed by atoms with Crippen molar-refractivity contribution in [1.82, 2.24) is 10.2 Å². The van der Waals surface area contributed by atoms with Gasteiger partial charge in [0.1, 0.15) is 0 Å². The predicted molar refractivity (Wildman–Crippen MR) is 82.3 cm³/mol. The first-order valence-corrected chi connectivity index (χ1v) is 7.58. The highest BCUT2D eigenvalue weighted by molar-refractivity contribution is 8.01. The third-order valence-corrected chi connectivity index (χ3v) is 4.31. The second kappa shape index (κ2) is 6.58. The van der Waals surface area contributed by atoms with Gasteiger partial charge in [-0.05, 0) is 12.1 Å². The molecule has 0 atom stereocenters. The van der Waals surface area contributed by atoms with Crippen molar-refractivity contribution < 1.29 is 9.90 Å². The lowest BCUT2D eigenvalue weighted by Gasteiger charge is -2.17. The number of benzene rings is 1. The number of hydrogen-bond acceptors (Lipinski definition) is 7. The topological polar surface area (TPSA) is 78.3 Å². The number of hydrogen-bond donors (Lipinski definition) is 2. The molecule has 6 nitrogen and oxygen atoms in total. The molecular formula is C12H14N4O2S2. The van der Waals surface area contributed by atoms with Crippen LogP contribution in [0.5, 0.6) is 0 Å². The van der Waals surface area contributed by atoms with Gasteiger partial charge in [0.05, 0.1) is 17.1 Å². The Morgan fingerprint density at radius 3 is 2.85 bits per heavy atom. The molecular weight excluding hydrogens is 296 g/mol. The molecule has 8 heteroatoms. The molecule has 2 rings (SSSR count). The standard InChI is InChI=1S/C12H14N4O2S2/c1-16(2)9-6-4-3-5-8(9)13-11-14-15-12(20-11)19-7-10(17)18/h3-6H,7H2,1-2H3,(H,13,14)(H,17,18). The first kappa shape index (κ1) is 14.6. The minimum absolute atomic E-state index is 0.0110. The molecule has 1 heterocycles. The lowest BCUT2D eigenvalue weighted by atomic mass is 10.2. The molecule has 2 N–H and O–H groups in total. The van der Waals surface area contributed by atoms with E-state index in [1.54, 1.807) is 0 Å². The van der Waals surface area contributed by atoms with Crippen molar-refractivity contribution in [3.63, 3.8) is 0 Å². The molecule has 1 aromatic heterocycles. The first-order chi connectivity index (χ1) is 9.56. The van der Waals surface area contributed by atoms with Crippen molar-refractivity contribution in [2.45, 2.75) is 4.34 Å². The molecule has 0 bridgehead atoms. The summed E-state index contributed by atoms with van der Waals surface area (Å²) in [6, 6.07) is 7.87. The number of para-hydroxylation sites is 2. The smallest absolute Gasteiger partial charge is 0.313 e. The van der Waals surface area contributed by atoms with Crippen LogP contribution >= 0.6 is 23.1 Å². The van der Waals surface area contributed by atoms with E-state index in [9.17, 15) is 4.79 Å². The summed E-state index contributed by atoms with van der Waals surface area (Å²) in [5.74, 6) is -0.874. The molecule has 0 spiro atoms. The van der Waals surface area contributed by atoms with Crippen LogP contribution in [0.4, 0.5) is 16.5 Å². The van der Waals surface area contributed by atoms with Crippen LogP contribution < -0.4 is 10.2 Å². The van der Waals surface area contributed by atoms with E-state index in [1.165, 1.54) is 23.1 Å². The maximum Gasteiger partial charge on any atom is 0.313 e. The van der Waals surface area contributed by atoms with Gasteiger partial charge in [0.2, 0.25) is 5.13 Å². The van der Waals surface area contributed by atoms with Crippen LogP contribution in [-0.2, 0) is 4.79 Å². The van der Waals surface area contributed by atoms with Gasteiger partial charge in [-0.1, -0.05) is 35.2 Å². The van der Waals surface area contributed by atoms with Crippen molar-refractivity contribution >= 4 is 45.6 Å². The predicted octanol–water partition coefficient (Wildman–Crippen LogP) is 2.52. The third kappa shape index (κ3) is 3.84. The number of aliphatic carboxylic acids is 1. The van der Waals surface area contributed by atoms with Crippen molar-refractivity contribution in [2.75, 3.05) is 30.1 Å². The first-order valence-electron chi connectivity index (χ1n) is 5.77. The molecule has 1 aromatic carbocycles. The highest BCUT2D eigenvalue weighted by Gasteiger charge is 2.09. The van der Waals surface area contributed by atoms with E-state index in [2.05, 4.69) is 15.5 Å². The summed E-state index contributed by atoms with van der Waals surface area (Å²) in [7, 11) is 3.93. The number of carboxylic acid groups (broad SMARTS) is 1. The maximum atomic E-state index is 10.5. The van der Waals surface area contributed by atoms with Crippen LogP contribution in [0.15, 0.2) is 28.6 Å². The van der Waals surface area contributed by atoms with E-state index >= 15 is 0 Å². The van der Waals surface area contributed by atoms with Gasteiger partial charge in [-0.25, -0.2) is 0 Å². The van der Waals surface area contributed by atoms with Gasteiger partial charge in [-0.2, -0.15) is 0 Å². The normalized spacial score (nSPS) is 10.3. The summed E-state index contributed by atoms with van der Waals surface area (Å²) >= 11 is 2.50. The molecule has 0 saturated carbocycles. The summed E-state index contributed by atoms with van der Waals surface area (Å²) in [5.41, 5.74) is 1.98. The molecule has 2 aromatic rings. The lowest BCUT2D eigenvalue weighted by Crippen LogP contribution is -2.10. The molecule has 0 aliphatic rings. The Hall–Kier alpha value is -1.80. The molecule has 0 fully saturated rings. The molecule has 0 aliphatic carbocycles. The summed E-state index contributed by atoms with van der Waals surface area (Å²) in [6.07, 6.45) is 0. The Morgan fingerprint density at radius 1 is 1.40 bits per heavy atom. The highest BCUT2D eigenvalue weighted by Crippen LogP contribution is 2.31. The Labute approximate surface area is 124 Å². The van der Waals surface area contributed by atoms with E-state index in [-0.39, 0.29) is 5.75 Å². The number of nitrogens with zero attached hydrogens (tertiary/aromatic N) is 3. The Morgan fingerprint density at radius 2 is 2.15 bits per heavy atom. The second-order valence-electron chi connectivity index (χ2n) is 4.09. The number of rotatable bonds is 6. The van der Waals surface area contributed by atoms with E-state index in [0.29, 0.717) is 9.47 Å². The zero-order chi connectivity index (χ0) is 14.5. The van der Waals surface area contributed by atoms with Crippen molar-refractivity contribution in [3.05, 3.63) is 24.3 Å². The summed E-state index contributed by atoms with van der Waals surface area (Å²) in [6.45, 7) is 0. The molecule has 106 valence electrons. The lowest BCUT2D eigenvalue weighted by molar-refractivity contribution is -0.133. The van der Waals surface area contributed by atoms with Crippen LogP contribution in [0.25, 0.3) is 0 Å². The zero-order valence-corrected chi connectivity index (χ0v) is 12.7. The van der Waals surface area contributed by atoms with Gasteiger partial charge in [0, 0.05) is 14.1 Å².